The van der Waals surface area contributed by atoms with Crippen molar-refractivity contribution >= 4 is 23.3 Å². The van der Waals surface area contributed by atoms with Crippen LogP contribution in [0, 0.1) is 0 Å². The first-order valence-electron chi connectivity index (χ1n) is 5.02. The van der Waals surface area contributed by atoms with Gasteiger partial charge in [0.2, 0.25) is 0 Å². The Labute approximate surface area is 95.7 Å². The molecule has 2 N–H and O–H groups in total. The number of halogens is 1. The number of para-hydroxylation sites is 1. The van der Waals surface area contributed by atoms with Crippen molar-refractivity contribution in [2.24, 2.45) is 5.73 Å². The number of hydrogen-bond donors (Lipinski definition) is 1. The van der Waals surface area contributed by atoms with Gasteiger partial charge in [0, 0.05) is 11.9 Å². The Balaban J connectivity index is 0.00000112. The van der Waals surface area contributed by atoms with E-state index in [1.807, 2.05) is 23.0 Å². The van der Waals surface area contributed by atoms with E-state index < -0.39 is 0 Å². The molecule has 0 spiro atoms. The van der Waals surface area contributed by atoms with Gasteiger partial charge in [-0.2, -0.15) is 5.10 Å². The van der Waals surface area contributed by atoms with Gasteiger partial charge in [-0.3, -0.25) is 4.68 Å². The molecule has 1 heterocycles. The minimum absolute atomic E-state index is 0. The van der Waals surface area contributed by atoms with Gasteiger partial charge in [0.15, 0.2) is 0 Å². The Kier molecular flexibility index (Phi) is 4.59. The second kappa shape index (κ2) is 5.73. The van der Waals surface area contributed by atoms with Crippen LogP contribution in [0.4, 0.5) is 0 Å². The summed E-state index contributed by atoms with van der Waals surface area (Å²) in [7, 11) is 0. The minimum Gasteiger partial charge on any atom is -0.330 e. The summed E-state index contributed by atoms with van der Waals surface area (Å²) in [4.78, 5) is 0. The van der Waals surface area contributed by atoms with Crippen molar-refractivity contribution in [1.82, 2.24) is 9.78 Å². The smallest absolute Gasteiger partial charge is 0.0682 e. The molecule has 0 aliphatic heterocycles. The lowest BCUT2D eigenvalue weighted by atomic mass is 10.2. The number of fused-ring (bicyclic) bond motifs is 1. The van der Waals surface area contributed by atoms with Crippen molar-refractivity contribution < 1.29 is 0 Å². The number of nitrogens with zero attached hydrogens (tertiary/aromatic N) is 2. The summed E-state index contributed by atoms with van der Waals surface area (Å²) in [5, 5.41) is 5.55. The Morgan fingerprint density at radius 3 is 2.80 bits per heavy atom. The number of unbranched alkanes of at least 4 members (excludes halogenated alkanes) is 1. The first-order chi connectivity index (χ1) is 6.92. The van der Waals surface area contributed by atoms with Gasteiger partial charge in [-0.15, -0.1) is 12.4 Å². The number of rotatable bonds is 4. The zero-order valence-electron chi connectivity index (χ0n) is 8.60. The average Bonchev–Trinajstić information content (AvgIpc) is 2.63. The summed E-state index contributed by atoms with van der Waals surface area (Å²) in [5.41, 5.74) is 6.66. The molecule has 3 nitrogen and oxygen atoms in total. The third-order valence-electron chi connectivity index (χ3n) is 2.38. The molecule has 4 heteroatoms. The van der Waals surface area contributed by atoms with E-state index in [0.717, 1.165) is 25.9 Å². The van der Waals surface area contributed by atoms with E-state index in [2.05, 4.69) is 17.2 Å². The van der Waals surface area contributed by atoms with Crippen molar-refractivity contribution in [3.63, 3.8) is 0 Å². The van der Waals surface area contributed by atoms with Gasteiger partial charge < -0.3 is 5.73 Å². The number of nitrogens with two attached hydrogens (primary N) is 1. The molecule has 1 aromatic heterocycles. The number of benzene rings is 1. The normalized spacial score (nSPS) is 10.2. The van der Waals surface area contributed by atoms with Gasteiger partial charge in [-0.25, -0.2) is 0 Å². The predicted molar refractivity (Wildman–Crippen MR) is 65.3 cm³/mol. The van der Waals surface area contributed by atoms with Crippen LogP contribution < -0.4 is 5.73 Å². The van der Waals surface area contributed by atoms with Crippen molar-refractivity contribution in [3.05, 3.63) is 30.5 Å². The van der Waals surface area contributed by atoms with Crippen LogP contribution in [-0.4, -0.2) is 16.3 Å². The largest absolute Gasteiger partial charge is 0.330 e. The van der Waals surface area contributed by atoms with Crippen molar-refractivity contribution in [1.29, 1.82) is 0 Å². The SMILES string of the molecule is Cl.NCCCCn1ncc2ccccc21. The summed E-state index contributed by atoms with van der Waals surface area (Å²) in [6.07, 6.45) is 4.08. The topological polar surface area (TPSA) is 43.8 Å². The van der Waals surface area contributed by atoms with Gasteiger partial charge in [-0.1, -0.05) is 18.2 Å². The van der Waals surface area contributed by atoms with E-state index in [1.54, 1.807) is 0 Å². The Morgan fingerprint density at radius 2 is 2.00 bits per heavy atom. The lowest BCUT2D eigenvalue weighted by Gasteiger charge is -2.01. The standard InChI is InChI=1S/C11H15N3.ClH/c12-7-3-4-8-14-11-6-2-1-5-10(11)9-13-14;/h1-2,5-6,9H,3-4,7-8,12H2;1H. The fourth-order valence-electron chi connectivity index (χ4n) is 1.61. The first-order valence-corrected chi connectivity index (χ1v) is 5.02. The highest BCUT2D eigenvalue weighted by Crippen LogP contribution is 2.12. The van der Waals surface area contributed by atoms with E-state index in [1.165, 1.54) is 10.9 Å². The van der Waals surface area contributed by atoms with Gasteiger partial charge >= 0.3 is 0 Å². The van der Waals surface area contributed by atoms with E-state index in [9.17, 15) is 0 Å². The van der Waals surface area contributed by atoms with Crippen LogP contribution in [0.15, 0.2) is 30.5 Å². The van der Waals surface area contributed by atoms with Crippen molar-refractivity contribution in [3.8, 4) is 0 Å². The average molecular weight is 226 g/mol. The molecule has 0 fully saturated rings. The Morgan fingerprint density at radius 1 is 1.20 bits per heavy atom. The molecule has 1 aromatic carbocycles. The Hall–Kier alpha value is -1.06. The van der Waals surface area contributed by atoms with Crippen molar-refractivity contribution in [2.75, 3.05) is 6.54 Å². The molecule has 0 aliphatic carbocycles. The highest BCUT2D eigenvalue weighted by atomic mass is 35.5. The summed E-state index contributed by atoms with van der Waals surface area (Å²) < 4.78 is 2.05. The predicted octanol–water partition coefficient (Wildman–Crippen LogP) is 2.20. The van der Waals surface area contributed by atoms with Gasteiger partial charge in [0.1, 0.15) is 0 Å². The van der Waals surface area contributed by atoms with Gasteiger partial charge in [0.05, 0.1) is 11.7 Å². The lowest BCUT2D eigenvalue weighted by molar-refractivity contribution is 0.576. The minimum atomic E-state index is 0. The van der Waals surface area contributed by atoms with E-state index >= 15 is 0 Å². The van der Waals surface area contributed by atoms with Crippen LogP contribution in [0.3, 0.4) is 0 Å². The summed E-state index contributed by atoms with van der Waals surface area (Å²) in [6.45, 7) is 1.73. The molecular weight excluding hydrogens is 210 g/mol. The van der Waals surface area contributed by atoms with Crippen molar-refractivity contribution in [2.45, 2.75) is 19.4 Å². The maximum absolute atomic E-state index is 5.45. The van der Waals surface area contributed by atoms with E-state index in [4.69, 9.17) is 5.73 Å². The number of aryl methyl sites for hydroxylation is 1. The second-order valence-electron chi connectivity index (χ2n) is 3.42. The summed E-state index contributed by atoms with van der Waals surface area (Å²) in [6, 6.07) is 8.27. The molecule has 0 atom stereocenters. The molecule has 0 saturated heterocycles. The molecule has 0 saturated carbocycles. The fourth-order valence-corrected chi connectivity index (χ4v) is 1.61. The molecular formula is C11H16ClN3. The van der Waals surface area contributed by atoms with Gasteiger partial charge in [-0.05, 0) is 25.5 Å². The summed E-state index contributed by atoms with van der Waals surface area (Å²) >= 11 is 0. The highest BCUT2D eigenvalue weighted by molar-refractivity contribution is 5.85. The molecule has 0 radical (unpaired) electrons. The molecule has 82 valence electrons. The monoisotopic (exact) mass is 225 g/mol. The van der Waals surface area contributed by atoms with E-state index in [0.29, 0.717) is 0 Å². The van der Waals surface area contributed by atoms with E-state index in [-0.39, 0.29) is 12.4 Å². The third kappa shape index (κ3) is 2.70. The van der Waals surface area contributed by atoms with Gasteiger partial charge in [0.25, 0.3) is 0 Å². The van der Waals surface area contributed by atoms with Crippen LogP contribution in [0.5, 0.6) is 0 Å². The molecule has 2 rings (SSSR count). The maximum Gasteiger partial charge on any atom is 0.0682 e. The molecule has 15 heavy (non-hydrogen) atoms. The molecule has 0 aliphatic rings. The third-order valence-corrected chi connectivity index (χ3v) is 2.38. The Bertz CT molecular complexity index is 411. The quantitative estimate of drug-likeness (QED) is 0.811. The molecule has 0 bridgehead atoms. The zero-order valence-corrected chi connectivity index (χ0v) is 9.41. The first kappa shape index (κ1) is 12.0. The zero-order chi connectivity index (χ0) is 9.80. The highest BCUT2D eigenvalue weighted by Gasteiger charge is 1.99. The molecule has 2 aromatic rings. The fraction of sp³-hybridized carbons (Fsp3) is 0.364. The lowest BCUT2D eigenvalue weighted by Crippen LogP contribution is -2.04. The molecule has 0 amide bonds. The number of hydrogen-bond acceptors (Lipinski definition) is 2. The van der Waals surface area contributed by atoms with Crippen LogP contribution in [0.2, 0.25) is 0 Å². The van der Waals surface area contributed by atoms with Crippen LogP contribution in [0.25, 0.3) is 10.9 Å². The van der Waals surface area contributed by atoms with Crippen LogP contribution >= 0.6 is 12.4 Å². The van der Waals surface area contributed by atoms with Crippen LogP contribution in [0.1, 0.15) is 12.8 Å². The van der Waals surface area contributed by atoms with Crippen LogP contribution in [-0.2, 0) is 6.54 Å². The molecule has 0 unspecified atom stereocenters. The number of aromatic nitrogens is 2. The summed E-state index contributed by atoms with van der Waals surface area (Å²) in [5.74, 6) is 0. The maximum atomic E-state index is 5.45. The second-order valence-corrected chi connectivity index (χ2v) is 3.42.